The predicted molar refractivity (Wildman–Crippen MR) is 115 cm³/mol. The molecule has 1 unspecified atom stereocenters. The van der Waals surface area contributed by atoms with Gasteiger partial charge in [0.1, 0.15) is 18.0 Å². The van der Waals surface area contributed by atoms with Crippen molar-refractivity contribution in [1.29, 1.82) is 0 Å². The van der Waals surface area contributed by atoms with Crippen LogP contribution >= 0.6 is 0 Å². The number of phenols is 2. The molecule has 0 saturated heterocycles. The largest absolute Gasteiger partial charge is 0.504 e. The van der Waals surface area contributed by atoms with Crippen molar-refractivity contribution in [2.24, 2.45) is 17.3 Å². The Morgan fingerprint density at radius 2 is 1.23 bits per heavy atom. The summed E-state index contributed by atoms with van der Waals surface area (Å²) in [7, 11) is 0. The van der Waals surface area contributed by atoms with Crippen molar-refractivity contribution in [2.45, 2.75) is 63.6 Å². The third kappa shape index (κ3) is 2.71. The molecule has 0 aromatic heterocycles. The lowest BCUT2D eigenvalue weighted by Gasteiger charge is -2.56. The molecule has 31 heavy (non-hydrogen) atoms. The maximum atomic E-state index is 13.8. The molecule has 2 saturated carbocycles. The molecule has 5 nitrogen and oxygen atoms in total. The van der Waals surface area contributed by atoms with Gasteiger partial charge in [-0.3, -0.25) is 4.79 Å². The molecule has 5 heteroatoms. The molecular formula is C26H28O5. The molecule has 2 aliphatic heterocycles. The number of ketones is 1. The summed E-state index contributed by atoms with van der Waals surface area (Å²) >= 11 is 0. The summed E-state index contributed by atoms with van der Waals surface area (Å²) in [6.07, 6.45) is 6.96. The average molecular weight is 421 g/mol. The van der Waals surface area contributed by atoms with Gasteiger partial charge in [0.25, 0.3) is 0 Å². The zero-order valence-corrected chi connectivity index (χ0v) is 17.5. The van der Waals surface area contributed by atoms with Crippen LogP contribution in [0.1, 0.15) is 49.7 Å². The predicted octanol–water partition coefficient (Wildman–Crippen LogP) is 4.56. The van der Waals surface area contributed by atoms with Gasteiger partial charge in [-0.15, -0.1) is 0 Å². The van der Waals surface area contributed by atoms with Crippen molar-refractivity contribution in [3.63, 3.8) is 0 Å². The molecular weight excluding hydrogens is 392 g/mol. The third-order valence-corrected chi connectivity index (χ3v) is 8.15. The van der Waals surface area contributed by atoms with Crippen LogP contribution in [0.15, 0.2) is 36.4 Å². The molecule has 0 radical (unpaired) electrons. The van der Waals surface area contributed by atoms with Crippen molar-refractivity contribution >= 4 is 5.78 Å². The molecule has 2 N–H and O–H groups in total. The van der Waals surface area contributed by atoms with Crippen LogP contribution in [0.2, 0.25) is 0 Å². The Labute approximate surface area is 182 Å². The van der Waals surface area contributed by atoms with E-state index in [2.05, 4.69) is 0 Å². The summed E-state index contributed by atoms with van der Waals surface area (Å²) in [5, 5.41) is 21.0. The van der Waals surface area contributed by atoms with E-state index in [4.69, 9.17) is 9.47 Å². The van der Waals surface area contributed by atoms with E-state index in [1.54, 1.807) is 12.1 Å². The molecule has 0 amide bonds. The standard InChI is InChI=1S/C26H28O5/c27-19-9-5-7-15-13-17-21(29)18-14-16-8-6-10-20(28)23(16)31-25(18)26(24(17)30-22(15)19)11-3-1-2-4-12-26/h5-10,17-18,24-25,27-28H,1-4,11-14H2/t17-,18-,24+,25?/m0/s1. The molecule has 2 aromatic rings. The summed E-state index contributed by atoms with van der Waals surface area (Å²) in [6.45, 7) is 0. The van der Waals surface area contributed by atoms with E-state index in [-0.39, 0.29) is 46.7 Å². The van der Waals surface area contributed by atoms with Crippen molar-refractivity contribution in [3.05, 3.63) is 47.5 Å². The van der Waals surface area contributed by atoms with Crippen LogP contribution in [0.4, 0.5) is 0 Å². The van der Waals surface area contributed by atoms with E-state index in [0.29, 0.717) is 24.3 Å². The zero-order valence-electron chi connectivity index (χ0n) is 17.5. The fraction of sp³-hybridized carbons (Fsp3) is 0.500. The average Bonchev–Trinajstić information content (AvgIpc) is 3.04. The van der Waals surface area contributed by atoms with Gasteiger partial charge in [-0.2, -0.15) is 0 Å². The molecule has 2 fully saturated rings. The Balaban J connectivity index is 1.50. The first kappa shape index (κ1) is 19.0. The van der Waals surface area contributed by atoms with Gasteiger partial charge < -0.3 is 19.7 Å². The number of carbonyl (C=O) groups excluding carboxylic acids is 1. The number of ether oxygens (including phenoxy) is 2. The van der Waals surface area contributed by atoms with E-state index in [0.717, 1.165) is 36.8 Å². The first-order valence-corrected chi connectivity index (χ1v) is 11.6. The van der Waals surface area contributed by atoms with Gasteiger partial charge in [0.15, 0.2) is 23.0 Å². The van der Waals surface area contributed by atoms with Crippen LogP contribution in [0.3, 0.4) is 0 Å². The van der Waals surface area contributed by atoms with Gasteiger partial charge in [-0.25, -0.2) is 0 Å². The molecule has 1 spiro atoms. The van der Waals surface area contributed by atoms with E-state index >= 15 is 0 Å². The number of hydrogen-bond donors (Lipinski definition) is 2. The fourth-order valence-corrected chi connectivity index (χ4v) is 6.77. The fourth-order valence-electron chi connectivity index (χ4n) is 6.77. The molecule has 4 atom stereocenters. The summed E-state index contributed by atoms with van der Waals surface area (Å²) in [4.78, 5) is 13.8. The highest BCUT2D eigenvalue weighted by Gasteiger charge is 2.63. The molecule has 2 heterocycles. The number of phenolic OH excluding ortho intramolecular Hbond substituents is 2. The molecule has 2 aromatic carbocycles. The number of fused-ring (bicyclic) bond motifs is 6. The number of Topliss-reactive ketones (excluding diaryl/α,β-unsaturated/α-hetero) is 1. The van der Waals surface area contributed by atoms with Crippen LogP contribution < -0.4 is 9.47 Å². The maximum absolute atomic E-state index is 13.8. The topological polar surface area (TPSA) is 76.0 Å². The number of carbonyl (C=O) groups is 1. The normalized spacial score (nSPS) is 30.6. The Hall–Kier alpha value is -2.69. The highest BCUT2D eigenvalue weighted by atomic mass is 16.5. The van der Waals surface area contributed by atoms with E-state index < -0.39 is 0 Å². The van der Waals surface area contributed by atoms with Gasteiger partial charge in [-0.1, -0.05) is 49.9 Å². The van der Waals surface area contributed by atoms with Gasteiger partial charge in [-0.05, 0) is 48.9 Å². The van der Waals surface area contributed by atoms with E-state index in [1.165, 1.54) is 12.8 Å². The zero-order chi connectivity index (χ0) is 21.2. The first-order valence-electron chi connectivity index (χ1n) is 11.6. The third-order valence-electron chi connectivity index (χ3n) is 8.15. The van der Waals surface area contributed by atoms with Crippen LogP contribution in [-0.4, -0.2) is 28.2 Å². The van der Waals surface area contributed by atoms with E-state index in [9.17, 15) is 15.0 Å². The molecule has 162 valence electrons. The molecule has 2 aliphatic carbocycles. The quantitative estimate of drug-likeness (QED) is 0.653. The Bertz CT molecular complexity index is 963. The Morgan fingerprint density at radius 1 is 0.742 bits per heavy atom. The summed E-state index contributed by atoms with van der Waals surface area (Å²) in [6, 6.07) is 10.8. The number of rotatable bonds is 0. The van der Waals surface area contributed by atoms with Gasteiger partial charge in [0, 0.05) is 5.41 Å². The SMILES string of the molecule is O=C1[C@@H]2Cc3cccc(O)c3OC2C2(CCCCCC2)[C@@H]2Oc3c(O)cccc3C[C@@H]12. The second-order valence-corrected chi connectivity index (χ2v) is 9.78. The number of benzene rings is 2. The molecule has 0 bridgehead atoms. The maximum Gasteiger partial charge on any atom is 0.164 e. The first-order chi connectivity index (χ1) is 15.1. The highest BCUT2D eigenvalue weighted by molar-refractivity contribution is 5.87. The van der Waals surface area contributed by atoms with Crippen LogP contribution in [-0.2, 0) is 17.6 Å². The van der Waals surface area contributed by atoms with Crippen LogP contribution in [0.5, 0.6) is 23.0 Å². The van der Waals surface area contributed by atoms with Gasteiger partial charge >= 0.3 is 0 Å². The highest BCUT2D eigenvalue weighted by Crippen LogP contribution is 2.58. The van der Waals surface area contributed by atoms with Crippen LogP contribution in [0, 0.1) is 17.3 Å². The number of para-hydroxylation sites is 2. The molecule has 4 aliphatic rings. The summed E-state index contributed by atoms with van der Waals surface area (Å²) < 4.78 is 13.1. The van der Waals surface area contributed by atoms with Gasteiger partial charge in [0.05, 0.1) is 11.8 Å². The minimum atomic E-state index is -0.312. The second kappa shape index (κ2) is 6.91. The Morgan fingerprint density at radius 3 is 1.71 bits per heavy atom. The minimum absolute atomic E-state index is 0.141. The summed E-state index contributed by atoms with van der Waals surface area (Å²) in [5.41, 5.74) is 1.51. The minimum Gasteiger partial charge on any atom is -0.504 e. The summed E-state index contributed by atoms with van der Waals surface area (Å²) in [5.74, 6) is 1.08. The van der Waals surface area contributed by atoms with Gasteiger partial charge in [0.2, 0.25) is 0 Å². The Kier molecular flexibility index (Phi) is 4.24. The lowest BCUT2D eigenvalue weighted by atomic mass is 9.55. The molecule has 6 rings (SSSR count). The van der Waals surface area contributed by atoms with Crippen LogP contribution in [0.25, 0.3) is 0 Å². The van der Waals surface area contributed by atoms with Crippen molar-refractivity contribution in [3.8, 4) is 23.0 Å². The lowest BCUT2D eigenvalue weighted by molar-refractivity contribution is -0.171. The van der Waals surface area contributed by atoms with Crippen molar-refractivity contribution < 1.29 is 24.5 Å². The lowest BCUT2D eigenvalue weighted by Crippen LogP contribution is -2.66. The van der Waals surface area contributed by atoms with Crippen molar-refractivity contribution in [1.82, 2.24) is 0 Å². The van der Waals surface area contributed by atoms with Crippen molar-refractivity contribution in [2.75, 3.05) is 0 Å². The second-order valence-electron chi connectivity index (χ2n) is 9.78. The monoisotopic (exact) mass is 420 g/mol. The number of hydrogen-bond acceptors (Lipinski definition) is 5. The smallest absolute Gasteiger partial charge is 0.164 e. The van der Waals surface area contributed by atoms with E-state index in [1.807, 2.05) is 24.3 Å². The number of aromatic hydroxyl groups is 2.